The molecule has 1 saturated heterocycles. The van der Waals surface area contributed by atoms with Crippen molar-refractivity contribution in [2.45, 2.75) is 32.8 Å². The quantitative estimate of drug-likeness (QED) is 0.734. The molecule has 8 nitrogen and oxygen atoms in total. The van der Waals surface area contributed by atoms with Crippen molar-refractivity contribution >= 4 is 11.9 Å². The van der Waals surface area contributed by atoms with Crippen LogP contribution in [0.2, 0.25) is 0 Å². The van der Waals surface area contributed by atoms with Crippen molar-refractivity contribution in [1.29, 1.82) is 0 Å². The Morgan fingerprint density at radius 2 is 1.87 bits per heavy atom. The Morgan fingerprint density at radius 1 is 1.19 bits per heavy atom. The molecule has 1 amide bonds. The van der Waals surface area contributed by atoms with Gasteiger partial charge in [0.25, 0.3) is 0 Å². The van der Waals surface area contributed by atoms with Crippen molar-refractivity contribution in [2.24, 2.45) is 17.8 Å². The largest absolute Gasteiger partial charge is 0.444 e. The van der Waals surface area contributed by atoms with E-state index in [0.29, 0.717) is 24.3 Å². The van der Waals surface area contributed by atoms with Gasteiger partial charge in [-0.25, -0.2) is 9.59 Å². The summed E-state index contributed by atoms with van der Waals surface area (Å²) >= 11 is 0. The second-order valence-corrected chi connectivity index (χ2v) is 9.56. The summed E-state index contributed by atoms with van der Waals surface area (Å²) in [6.07, 6.45) is 2.29. The standard InChI is InChI=1S/C23H31N5O3/c1-23(2,3)31-22(30)25-12-17-18-13-27(14-19(17)18)10-8-15-4-6-16(7-5-15)28-11-9-20(24)26-21(28)29/h4-7,9,11,17-19H,8,10,12-14H2,1-3H3,(H,25,30)(H2,24,26,29)/t17?,18-,19+. The Kier molecular flexibility index (Phi) is 5.75. The van der Waals surface area contributed by atoms with Gasteiger partial charge in [0.1, 0.15) is 11.4 Å². The van der Waals surface area contributed by atoms with Crippen molar-refractivity contribution in [2.75, 3.05) is 31.9 Å². The van der Waals surface area contributed by atoms with Crippen LogP contribution >= 0.6 is 0 Å². The molecule has 2 heterocycles. The summed E-state index contributed by atoms with van der Waals surface area (Å²) in [5, 5.41) is 2.91. The van der Waals surface area contributed by atoms with Crippen molar-refractivity contribution in [3.8, 4) is 5.69 Å². The molecule has 0 radical (unpaired) electrons. The molecule has 1 unspecified atom stereocenters. The van der Waals surface area contributed by atoms with Gasteiger partial charge >= 0.3 is 11.8 Å². The summed E-state index contributed by atoms with van der Waals surface area (Å²) in [7, 11) is 0. The average molecular weight is 426 g/mol. The van der Waals surface area contributed by atoms with Crippen LogP contribution in [0.25, 0.3) is 5.69 Å². The lowest BCUT2D eigenvalue weighted by Crippen LogP contribution is -2.35. The van der Waals surface area contributed by atoms with E-state index in [-0.39, 0.29) is 17.6 Å². The van der Waals surface area contributed by atoms with E-state index < -0.39 is 5.60 Å². The van der Waals surface area contributed by atoms with Gasteiger partial charge in [0, 0.05) is 32.4 Å². The molecule has 2 aliphatic rings. The number of ether oxygens (including phenoxy) is 1. The van der Waals surface area contributed by atoms with Crippen molar-refractivity contribution in [3.05, 3.63) is 52.6 Å². The fourth-order valence-corrected chi connectivity index (χ4v) is 4.46. The molecule has 166 valence electrons. The van der Waals surface area contributed by atoms with Gasteiger partial charge < -0.3 is 20.7 Å². The Hall–Kier alpha value is -2.87. The highest BCUT2D eigenvalue weighted by Crippen LogP contribution is 2.51. The summed E-state index contributed by atoms with van der Waals surface area (Å²) in [4.78, 5) is 30.0. The molecule has 4 rings (SSSR count). The second-order valence-electron chi connectivity index (χ2n) is 9.56. The van der Waals surface area contributed by atoms with Crippen LogP contribution in [0.15, 0.2) is 41.3 Å². The van der Waals surface area contributed by atoms with Crippen LogP contribution in [0.4, 0.5) is 10.6 Å². The van der Waals surface area contributed by atoms with Crippen LogP contribution in [-0.4, -0.2) is 52.3 Å². The number of rotatable bonds is 6. The number of carbonyl (C=O) groups is 1. The first-order valence-corrected chi connectivity index (χ1v) is 10.8. The molecule has 2 aromatic rings. The SMILES string of the molecule is CC(C)(C)OC(=O)NCC1[C@H]2CN(CCc3ccc(-n4ccc(N)nc4=O)cc3)C[C@@H]12. The fourth-order valence-electron chi connectivity index (χ4n) is 4.46. The first kappa shape index (κ1) is 21.4. The third-order valence-corrected chi connectivity index (χ3v) is 6.08. The van der Waals surface area contributed by atoms with Crippen LogP contribution in [0.5, 0.6) is 0 Å². The molecular weight excluding hydrogens is 394 g/mol. The van der Waals surface area contributed by atoms with Crippen molar-refractivity contribution in [1.82, 2.24) is 19.8 Å². The van der Waals surface area contributed by atoms with Crippen LogP contribution < -0.4 is 16.7 Å². The minimum absolute atomic E-state index is 0.226. The number of nitrogens with one attached hydrogen (secondary N) is 1. The maximum atomic E-state index is 12.0. The molecule has 3 atom stereocenters. The highest BCUT2D eigenvalue weighted by Gasteiger charge is 2.55. The number of carbonyl (C=O) groups excluding carboxylic acids is 1. The Morgan fingerprint density at radius 3 is 2.48 bits per heavy atom. The zero-order chi connectivity index (χ0) is 22.2. The molecule has 0 bridgehead atoms. The predicted octanol–water partition coefficient (Wildman–Crippen LogP) is 2.06. The summed E-state index contributed by atoms with van der Waals surface area (Å²) in [6.45, 7) is 9.53. The third kappa shape index (κ3) is 5.25. The van der Waals surface area contributed by atoms with Gasteiger partial charge in [0.2, 0.25) is 0 Å². The zero-order valence-corrected chi connectivity index (χ0v) is 18.4. The molecule has 1 aromatic carbocycles. The highest BCUT2D eigenvalue weighted by molar-refractivity contribution is 5.67. The molecule has 1 saturated carbocycles. The number of fused-ring (bicyclic) bond motifs is 1. The summed E-state index contributed by atoms with van der Waals surface area (Å²) < 4.78 is 6.79. The van der Waals surface area contributed by atoms with E-state index >= 15 is 0 Å². The molecule has 0 spiro atoms. The number of nitrogens with zero attached hydrogens (tertiary/aromatic N) is 3. The number of amides is 1. The topological polar surface area (TPSA) is 102 Å². The number of likely N-dealkylation sites (tertiary alicyclic amines) is 1. The smallest absolute Gasteiger partial charge is 0.407 e. The number of anilines is 1. The van der Waals surface area contributed by atoms with Gasteiger partial charge in [-0.1, -0.05) is 12.1 Å². The predicted molar refractivity (Wildman–Crippen MR) is 119 cm³/mol. The Bertz CT molecular complexity index is 984. The molecule has 31 heavy (non-hydrogen) atoms. The first-order chi connectivity index (χ1) is 14.7. The molecule has 2 fully saturated rings. The zero-order valence-electron chi connectivity index (χ0n) is 18.4. The van der Waals surface area contributed by atoms with E-state index in [0.717, 1.165) is 31.7 Å². The minimum Gasteiger partial charge on any atom is -0.444 e. The normalized spacial score (nSPS) is 22.7. The van der Waals surface area contributed by atoms with E-state index in [1.54, 1.807) is 12.3 Å². The van der Waals surface area contributed by atoms with Gasteiger partial charge in [0.15, 0.2) is 0 Å². The summed E-state index contributed by atoms with van der Waals surface area (Å²) in [5.41, 5.74) is 6.74. The lowest BCUT2D eigenvalue weighted by atomic mass is 10.1. The van der Waals surface area contributed by atoms with Gasteiger partial charge in [0.05, 0.1) is 5.69 Å². The molecule has 1 aliphatic heterocycles. The maximum Gasteiger partial charge on any atom is 0.407 e. The number of piperidine rings is 1. The van der Waals surface area contributed by atoms with E-state index in [1.165, 1.54) is 10.1 Å². The average Bonchev–Trinajstić information content (AvgIpc) is 3.14. The first-order valence-electron chi connectivity index (χ1n) is 10.8. The number of hydrogen-bond acceptors (Lipinski definition) is 6. The molecule has 3 N–H and O–H groups in total. The summed E-state index contributed by atoms with van der Waals surface area (Å²) in [6, 6.07) is 9.61. The number of nitrogens with two attached hydrogens (primary N) is 1. The van der Waals surface area contributed by atoms with E-state index in [2.05, 4.69) is 27.3 Å². The number of hydrogen-bond donors (Lipinski definition) is 2. The monoisotopic (exact) mass is 425 g/mol. The van der Waals surface area contributed by atoms with Crippen LogP contribution in [0.3, 0.4) is 0 Å². The van der Waals surface area contributed by atoms with Gasteiger partial charge in [-0.3, -0.25) is 4.57 Å². The Balaban J connectivity index is 1.20. The van der Waals surface area contributed by atoms with E-state index in [1.807, 2.05) is 32.9 Å². The van der Waals surface area contributed by atoms with Crippen molar-refractivity contribution < 1.29 is 9.53 Å². The Labute approximate surface area is 182 Å². The molecular formula is C23H31N5O3. The van der Waals surface area contributed by atoms with Gasteiger partial charge in [-0.15, -0.1) is 0 Å². The van der Waals surface area contributed by atoms with Crippen molar-refractivity contribution in [3.63, 3.8) is 0 Å². The third-order valence-electron chi connectivity index (χ3n) is 6.08. The molecule has 8 heteroatoms. The van der Waals surface area contributed by atoms with Crippen LogP contribution in [0, 0.1) is 17.8 Å². The molecule has 1 aliphatic carbocycles. The number of alkyl carbamates (subject to hydrolysis) is 1. The van der Waals surface area contributed by atoms with Gasteiger partial charge in [-0.05, 0) is 68.7 Å². The van der Waals surface area contributed by atoms with Gasteiger partial charge in [-0.2, -0.15) is 4.98 Å². The van der Waals surface area contributed by atoms with Crippen LogP contribution in [-0.2, 0) is 11.2 Å². The van der Waals surface area contributed by atoms with E-state index in [4.69, 9.17) is 10.5 Å². The highest BCUT2D eigenvalue weighted by atomic mass is 16.6. The molecule has 1 aromatic heterocycles. The second kappa shape index (κ2) is 8.34. The number of nitrogen functional groups attached to an aromatic ring is 1. The van der Waals surface area contributed by atoms with Crippen LogP contribution in [0.1, 0.15) is 26.3 Å². The maximum absolute atomic E-state index is 12.0. The lowest BCUT2D eigenvalue weighted by molar-refractivity contribution is 0.0522. The number of aromatic nitrogens is 2. The minimum atomic E-state index is -0.458. The lowest BCUT2D eigenvalue weighted by Gasteiger charge is -2.21. The van der Waals surface area contributed by atoms with E-state index in [9.17, 15) is 9.59 Å². The fraction of sp³-hybridized carbons (Fsp3) is 0.522. The number of benzene rings is 1. The summed E-state index contributed by atoms with van der Waals surface area (Å²) in [5.74, 6) is 2.17.